The minimum atomic E-state index is -1.25. The van der Waals surface area contributed by atoms with Gasteiger partial charge >= 0.3 is 5.97 Å². The second kappa shape index (κ2) is 32.8. The highest BCUT2D eigenvalue weighted by molar-refractivity contribution is 6.09. The standard InChI is InChI=1S/C44H59N13O15/c1-26(58)56-31(15-27-10-12-29(13-11-27)42(69)28-7-3-2-4-8-28)43(70)55-24-40(67)53-22-38(65)51-20-36(63)49-18-34(61)47-16-32(59)46-17-33(60)48-19-35(62)50-21-37(64)52-23-39(66)54-25-41(68)57-30(44(71)72)9-5-6-14-45/h2-4,7-8,10-13,30-31H,5-6,9,14-25,45H2,1H3,(H,46,59)(H,47,61)(H,48,60)(H,49,63)(H,50,62)(H,51,65)(H,52,64)(H,53,67)(H,54,66)(H,55,70)(H,56,58)(H,57,68)(H,71,72)/t30-,31-/m0/s1. The maximum Gasteiger partial charge on any atom is 0.326 e. The largest absolute Gasteiger partial charge is 0.480 e. The average Bonchev–Trinajstić information content (AvgIpc) is 3.36. The summed E-state index contributed by atoms with van der Waals surface area (Å²) in [5, 5.41) is 36.1. The van der Waals surface area contributed by atoms with E-state index in [9.17, 15) is 72.2 Å². The summed E-state index contributed by atoms with van der Waals surface area (Å²) < 4.78 is 0. The Kier molecular flexibility index (Phi) is 27.1. The molecule has 15 N–H and O–H groups in total. The van der Waals surface area contributed by atoms with Gasteiger partial charge in [-0.05, 0) is 31.4 Å². The lowest BCUT2D eigenvalue weighted by Crippen LogP contribution is -2.50. The van der Waals surface area contributed by atoms with Gasteiger partial charge < -0.3 is 74.6 Å². The molecule has 0 unspecified atom stereocenters. The zero-order valence-corrected chi connectivity index (χ0v) is 39.2. The van der Waals surface area contributed by atoms with E-state index in [1.54, 1.807) is 54.6 Å². The van der Waals surface area contributed by atoms with Crippen molar-refractivity contribution >= 4 is 82.6 Å². The fourth-order valence-corrected chi connectivity index (χ4v) is 5.70. The summed E-state index contributed by atoms with van der Waals surface area (Å²) in [7, 11) is 0. The number of carbonyl (C=O) groups excluding carboxylic acids is 13. The Hall–Kier alpha value is -8.82. The van der Waals surface area contributed by atoms with Crippen molar-refractivity contribution in [3.8, 4) is 0 Å². The molecule has 0 bridgehead atoms. The molecule has 0 aromatic heterocycles. The molecule has 28 nitrogen and oxygen atoms in total. The summed E-state index contributed by atoms with van der Waals surface area (Å²) in [6.07, 6.45) is 1.22. The lowest BCUT2D eigenvalue weighted by molar-refractivity contribution is -0.142. The van der Waals surface area contributed by atoms with Crippen molar-refractivity contribution in [2.75, 3.05) is 72.0 Å². The molecular weight excluding hydrogens is 951 g/mol. The summed E-state index contributed by atoms with van der Waals surface area (Å²) in [4.78, 5) is 169. The number of carboxylic acids is 1. The maximum atomic E-state index is 12.9. The molecule has 0 saturated heterocycles. The van der Waals surface area contributed by atoms with Gasteiger partial charge in [-0.2, -0.15) is 0 Å². The van der Waals surface area contributed by atoms with Crippen LogP contribution in [0.2, 0.25) is 0 Å². The number of nitrogens with two attached hydrogens (primary N) is 1. The Morgan fingerprint density at radius 1 is 0.431 bits per heavy atom. The molecule has 2 aromatic rings. The van der Waals surface area contributed by atoms with Crippen LogP contribution in [-0.2, 0) is 68.7 Å². The molecule has 72 heavy (non-hydrogen) atoms. The number of rotatable bonds is 32. The molecule has 0 aliphatic heterocycles. The minimum Gasteiger partial charge on any atom is -0.480 e. The van der Waals surface area contributed by atoms with Gasteiger partial charge in [0.25, 0.3) is 0 Å². The van der Waals surface area contributed by atoms with E-state index in [4.69, 9.17) is 5.73 Å². The van der Waals surface area contributed by atoms with Gasteiger partial charge in [0, 0.05) is 24.5 Å². The first kappa shape index (κ1) is 59.3. The summed E-state index contributed by atoms with van der Waals surface area (Å²) in [6.45, 7) is -4.31. The van der Waals surface area contributed by atoms with Crippen LogP contribution < -0.4 is 69.5 Å². The van der Waals surface area contributed by atoms with Crippen LogP contribution >= 0.6 is 0 Å². The number of hydrogen-bond acceptors (Lipinski definition) is 15. The molecule has 0 aliphatic carbocycles. The number of aliphatic carboxylic acids is 1. The number of benzene rings is 2. The van der Waals surface area contributed by atoms with Gasteiger partial charge in [0.15, 0.2) is 5.78 Å². The Bertz CT molecular complexity index is 2280. The van der Waals surface area contributed by atoms with E-state index in [1.165, 1.54) is 6.92 Å². The van der Waals surface area contributed by atoms with Crippen LogP contribution in [0.5, 0.6) is 0 Å². The van der Waals surface area contributed by atoms with Crippen molar-refractivity contribution in [3.63, 3.8) is 0 Å². The average molecular weight is 1010 g/mol. The van der Waals surface area contributed by atoms with Crippen LogP contribution in [-0.4, -0.2) is 172 Å². The second-order valence-electron chi connectivity index (χ2n) is 15.3. The Morgan fingerprint density at radius 3 is 1.12 bits per heavy atom. The lowest BCUT2D eigenvalue weighted by Gasteiger charge is -2.18. The van der Waals surface area contributed by atoms with Gasteiger partial charge in [-0.15, -0.1) is 0 Å². The van der Waals surface area contributed by atoms with Crippen molar-refractivity contribution in [1.82, 2.24) is 63.8 Å². The first-order chi connectivity index (χ1) is 34.3. The molecule has 0 fully saturated rings. The van der Waals surface area contributed by atoms with Crippen molar-refractivity contribution in [1.29, 1.82) is 0 Å². The Labute approximate surface area is 411 Å². The molecular formula is C44H59N13O15. The fourth-order valence-electron chi connectivity index (χ4n) is 5.70. The summed E-state index contributed by atoms with van der Waals surface area (Å²) in [6, 6.07) is 12.9. The van der Waals surface area contributed by atoms with Crippen molar-refractivity contribution in [2.45, 2.75) is 44.7 Å². The van der Waals surface area contributed by atoms with Crippen LogP contribution in [0.1, 0.15) is 47.7 Å². The second-order valence-corrected chi connectivity index (χ2v) is 15.3. The number of ketones is 1. The molecule has 0 heterocycles. The number of unbranched alkanes of at least 4 members (excludes halogenated alkanes) is 1. The highest BCUT2D eigenvalue weighted by atomic mass is 16.4. The van der Waals surface area contributed by atoms with Gasteiger partial charge in [0.05, 0.1) is 65.4 Å². The summed E-state index contributed by atoms with van der Waals surface area (Å²) in [5.74, 6) is -10.6. The molecule has 0 aliphatic rings. The number of carboxylic acid groups (broad SMARTS) is 1. The van der Waals surface area contributed by atoms with E-state index in [1.807, 2.05) is 0 Å². The monoisotopic (exact) mass is 1010 g/mol. The van der Waals surface area contributed by atoms with E-state index in [-0.39, 0.29) is 18.6 Å². The Balaban J connectivity index is 1.55. The third kappa shape index (κ3) is 26.1. The fraction of sp³-hybridized carbons (Fsp3) is 0.409. The van der Waals surface area contributed by atoms with Gasteiger partial charge in [-0.25, -0.2) is 4.79 Å². The smallest absolute Gasteiger partial charge is 0.326 e. The number of amides is 12. The van der Waals surface area contributed by atoms with Crippen LogP contribution in [0.25, 0.3) is 0 Å². The number of carbonyl (C=O) groups is 14. The number of hydrogen-bond donors (Lipinski definition) is 14. The van der Waals surface area contributed by atoms with Gasteiger partial charge in [-0.3, -0.25) is 62.3 Å². The first-order valence-electron chi connectivity index (χ1n) is 22.1. The van der Waals surface area contributed by atoms with Crippen molar-refractivity contribution in [3.05, 3.63) is 71.3 Å². The zero-order valence-electron chi connectivity index (χ0n) is 39.2. The number of nitrogens with one attached hydrogen (secondary N) is 12. The highest BCUT2D eigenvalue weighted by Gasteiger charge is 2.22. The molecule has 0 radical (unpaired) electrons. The van der Waals surface area contributed by atoms with E-state index in [0.29, 0.717) is 36.1 Å². The van der Waals surface area contributed by atoms with Crippen LogP contribution in [0.3, 0.4) is 0 Å². The van der Waals surface area contributed by atoms with Crippen LogP contribution in [0, 0.1) is 0 Å². The SMILES string of the molecule is CC(=O)N[C@@H](Cc1ccc(C(=O)c2ccccc2)cc1)C(=O)NCC(=O)NCC(=O)NCC(=O)NCC(=O)NCC(=O)NCC(=O)NCC(=O)NCC(=O)NCC(=O)NCC(=O)N[C@@H](CCCCN)C(=O)O. The molecule has 390 valence electrons. The van der Waals surface area contributed by atoms with E-state index in [0.717, 1.165) is 0 Å². The molecule has 0 saturated carbocycles. The van der Waals surface area contributed by atoms with Gasteiger partial charge in [-0.1, -0.05) is 54.6 Å². The molecule has 2 atom stereocenters. The normalized spacial score (nSPS) is 11.1. The lowest BCUT2D eigenvalue weighted by atomic mass is 9.99. The van der Waals surface area contributed by atoms with Crippen LogP contribution in [0.15, 0.2) is 54.6 Å². The third-order valence-electron chi connectivity index (χ3n) is 9.40. The van der Waals surface area contributed by atoms with Crippen molar-refractivity contribution < 1.29 is 72.2 Å². The zero-order chi connectivity index (χ0) is 53.4. The predicted octanol–water partition coefficient (Wildman–Crippen LogP) is -7.17. The molecule has 2 rings (SSSR count). The van der Waals surface area contributed by atoms with Gasteiger partial charge in [0.2, 0.25) is 70.9 Å². The van der Waals surface area contributed by atoms with E-state index in [2.05, 4.69) is 63.8 Å². The first-order valence-corrected chi connectivity index (χ1v) is 22.1. The predicted molar refractivity (Wildman–Crippen MR) is 250 cm³/mol. The molecule has 28 heteroatoms. The minimum absolute atomic E-state index is 0.0370. The molecule has 2 aromatic carbocycles. The van der Waals surface area contributed by atoms with Crippen LogP contribution in [0.4, 0.5) is 0 Å². The summed E-state index contributed by atoms with van der Waals surface area (Å²) in [5.41, 5.74) is 6.92. The molecule has 0 spiro atoms. The quantitative estimate of drug-likeness (QED) is 0.0239. The van der Waals surface area contributed by atoms with E-state index >= 15 is 0 Å². The van der Waals surface area contributed by atoms with Crippen molar-refractivity contribution in [2.24, 2.45) is 5.73 Å². The van der Waals surface area contributed by atoms with Gasteiger partial charge in [0.1, 0.15) is 12.1 Å². The third-order valence-corrected chi connectivity index (χ3v) is 9.40. The highest BCUT2D eigenvalue weighted by Crippen LogP contribution is 2.13. The summed E-state index contributed by atoms with van der Waals surface area (Å²) >= 11 is 0. The Morgan fingerprint density at radius 2 is 0.778 bits per heavy atom. The maximum absolute atomic E-state index is 12.9. The molecule has 12 amide bonds. The topological polar surface area (TPSA) is 430 Å². The van der Waals surface area contributed by atoms with E-state index < -0.39 is 154 Å².